The van der Waals surface area contributed by atoms with Gasteiger partial charge in [0.25, 0.3) is 0 Å². The lowest BCUT2D eigenvalue weighted by atomic mass is 10.1. The number of aromatic hydroxyl groups is 1. The molecule has 24 heavy (non-hydrogen) atoms. The van der Waals surface area contributed by atoms with Crippen molar-refractivity contribution in [1.82, 2.24) is 4.90 Å². The number of hydrogen-bond donors (Lipinski definition) is 1. The van der Waals surface area contributed by atoms with Crippen molar-refractivity contribution in [2.75, 3.05) is 18.6 Å². The van der Waals surface area contributed by atoms with Crippen molar-refractivity contribution in [1.29, 1.82) is 0 Å². The Morgan fingerprint density at radius 1 is 1.04 bits per heavy atom. The molecule has 0 bridgehead atoms. The first-order chi connectivity index (χ1) is 11.6. The highest BCUT2D eigenvalue weighted by molar-refractivity contribution is 6.05. The molecule has 6 heteroatoms. The molecule has 3 rings (SSSR count). The number of urea groups is 1. The summed E-state index contributed by atoms with van der Waals surface area (Å²) in [5, 5.41) is 9.37. The first-order valence-corrected chi connectivity index (χ1v) is 7.62. The molecule has 1 aliphatic heterocycles. The van der Waals surface area contributed by atoms with Crippen LogP contribution in [-0.2, 0) is 11.3 Å². The van der Waals surface area contributed by atoms with Crippen molar-refractivity contribution in [2.45, 2.75) is 13.0 Å². The molecule has 0 saturated carbocycles. The smallest absolute Gasteiger partial charge is 0.331 e. The standard InChI is InChI=1S/C18H18N2O4/c1-24-16-8-2-13(3-9-16)12-20-17(22)10-11-19(18(20)23)14-4-6-15(21)7-5-14/h2-9,21H,10-12H2,1H3. The minimum absolute atomic E-state index is 0.134. The van der Waals surface area contributed by atoms with Gasteiger partial charge in [-0.15, -0.1) is 0 Å². The fourth-order valence-corrected chi connectivity index (χ4v) is 2.63. The van der Waals surface area contributed by atoms with Crippen molar-refractivity contribution in [3.8, 4) is 11.5 Å². The van der Waals surface area contributed by atoms with Gasteiger partial charge in [0.15, 0.2) is 0 Å². The normalized spacial score (nSPS) is 14.9. The molecule has 124 valence electrons. The Bertz CT molecular complexity index is 741. The number of nitrogens with zero attached hydrogens (tertiary/aromatic N) is 2. The monoisotopic (exact) mass is 326 g/mol. The topological polar surface area (TPSA) is 70.1 Å². The summed E-state index contributed by atoms with van der Waals surface area (Å²) in [7, 11) is 1.59. The molecule has 2 aromatic carbocycles. The second kappa shape index (κ2) is 6.62. The SMILES string of the molecule is COc1ccc(CN2C(=O)CCN(c3ccc(O)cc3)C2=O)cc1. The van der Waals surface area contributed by atoms with E-state index in [0.717, 1.165) is 11.3 Å². The molecule has 0 atom stereocenters. The van der Waals surface area contributed by atoms with Crippen molar-refractivity contribution < 1.29 is 19.4 Å². The van der Waals surface area contributed by atoms with Crippen LogP contribution in [-0.4, -0.2) is 35.6 Å². The predicted octanol–water partition coefficient (Wildman–Crippen LogP) is 2.76. The summed E-state index contributed by atoms with van der Waals surface area (Å²) in [5.74, 6) is 0.668. The first kappa shape index (κ1) is 15.9. The Morgan fingerprint density at radius 3 is 2.33 bits per heavy atom. The van der Waals surface area contributed by atoms with E-state index >= 15 is 0 Å². The van der Waals surface area contributed by atoms with Crippen LogP contribution in [0.2, 0.25) is 0 Å². The highest BCUT2D eigenvalue weighted by Crippen LogP contribution is 2.24. The third-order valence-corrected chi connectivity index (χ3v) is 3.97. The number of carbonyl (C=O) groups excluding carboxylic acids is 2. The molecular weight excluding hydrogens is 308 g/mol. The fourth-order valence-electron chi connectivity index (χ4n) is 2.63. The lowest BCUT2D eigenvalue weighted by Crippen LogP contribution is -2.52. The number of rotatable bonds is 4. The third-order valence-electron chi connectivity index (χ3n) is 3.97. The van der Waals surface area contributed by atoms with Crippen molar-refractivity contribution in [2.24, 2.45) is 0 Å². The third kappa shape index (κ3) is 3.17. The molecule has 1 saturated heterocycles. The van der Waals surface area contributed by atoms with Crippen LogP contribution >= 0.6 is 0 Å². The number of phenols is 1. The summed E-state index contributed by atoms with van der Waals surface area (Å²) < 4.78 is 5.11. The number of anilines is 1. The molecule has 0 aromatic heterocycles. The zero-order valence-electron chi connectivity index (χ0n) is 13.3. The van der Waals surface area contributed by atoms with Crippen molar-refractivity contribution in [3.63, 3.8) is 0 Å². The van der Waals surface area contributed by atoms with E-state index in [1.165, 1.54) is 17.0 Å². The fraction of sp³-hybridized carbons (Fsp3) is 0.222. The molecule has 1 heterocycles. The maximum absolute atomic E-state index is 12.7. The summed E-state index contributed by atoms with van der Waals surface area (Å²) in [6.07, 6.45) is 0.267. The molecule has 0 unspecified atom stereocenters. The number of imide groups is 1. The molecule has 6 nitrogen and oxygen atoms in total. The molecule has 1 N–H and O–H groups in total. The van der Waals surface area contributed by atoms with Crippen LogP contribution in [0.3, 0.4) is 0 Å². The molecule has 3 amide bonds. The van der Waals surface area contributed by atoms with Gasteiger partial charge in [-0.25, -0.2) is 4.79 Å². The number of ether oxygens (including phenoxy) is 1. The van der Waals surface area contributed by atoms with Gasteiger partial charge in [0.05, 0.1) is 13.7 Å². The van der Waals surface area contributed by atoms with Crippen molar-refractivity contribution >= 4 is 17.6 Å². The second-order valence-electron chi connectivity index (χ2n) is 5.53. The van der Waals surface area contributed by atoms with E-state index in [9.17, 15) is 14.7 Å². The van der Waals surface area contributed by atoms with Crippen LogP contribution in [0, 0.1) is 0 Å². The van der Waals surface area contributed by atoms with E-state index in [-0.39, 0.29) is 30.7 Å². The summed E-state index contributed by atoms with van der Waals surface area (Å²) >= 11 is 0. The number of amides is 3. The second-order valence-corrected chi connectivity index (χ2v) is 5.53. The summed E-state index contributed by atoms with van der Waals surface area (Å²) in [6, 6.07) is 13.3. The lowest BCUT2D eigenvalue weighted by Gasteiger charge is -2.34. The van der Waals surface area contributed by atoms with E-state index in [1.54, 1.807) is 36.3 Å². The van der Waals surface area contributed by atoms with Crippen LogP contribution in [0.4, 0.5) is 10.5 Å². The van der Waals surface area contributed by atoms with E-state index in [0.29, 0.717) is 12.2 Å². The van der Waals surface area contributed by atoms with Gasteiger partial charge in [-0.3, -0.25) is 14.6 Å². The lowest BCUT2D eigenvalue weighted by molar-refractivity contribution is -0.129. The Morgan fingerprint density at radius 2 is 1.71 bits per heavy atom. The Kier molecular flexibility index (Phi) is 4.37. The molecule has 2 aromatic rings. The highest BCUT2D eigenvalue weighted by Gasteiger charge is 2.32. The zero-order valence-corrected chi connectivity index (χ0v) is 13.3. The van der Waals surface area contributed by atoms with Gasteiger partial charge in [-0.1, -0.05) is 12.1 Å². The molecule has 0 aliphatic carbocycles. The van der Waals surface area contributed by atoms with E-state index in [4.69, 9.17) is 4.74 Å². The van der Waals surface area contributed by atoms with Gasteiger partial charge in [-0.05, 0) is 42.0 Å². The Hall–Kier alpha value is -3.02. The van der Waals surface area contributed by atoms with Gasteiger partial charge in [0.2, 0.25) is 5.91 Å². The molecular formula is C18H18N2O4. The van der Waals surface area contributed by atoms with Crippen LogP contribution in [0.15, 0.2) is 48.5 Å². The van der Waals surface area contributed by atoms with Gasteiger partial charge in [-0.2, -0.15) is 0 Å². The number of carbonyl (C=O) groups is 2. The summed E-state index contributed by atoms with van der Waals surface area (Å²) in [6.45, 7) is 0.553. The quantitative estimate of drug-likeness (QED) is 0.938. The maximum Gasteiger partial charge on any atom is 0.331 e. The van der Waals surface area contributed by atoms with Crippen LogP contribution in [0.5, 0.6) is 11.5 Å². The van der Waals surface area contributed by atoms with Gasteiger partial charge in [0.1, 0.15) is 11.5 Å². The zero-order chi connectivity index (χ0) is 17.1. The van der Waals surface area contributed by atoms with Gasteiger partial charge in [0, 0.05) is 18.7 Å². The number of hydrogen-bond acceptors (Lipinski definition) is 4. The highest BCUT2D eigenvalue weighted by atomic mass is 16.5. The molecule has 0 radical (unpaired) electrons. The Labute approximate surface area is 139 Å². The Balaban J connectivity index is 1.79. The van der Waals surface area contributed by atoms with E-state index in [2.05, 4.69) is 0 Å². The van der Waals surface area contributed by atoms with Crippen molar-refractivity contribution in [3.05, 3.63) is 54.1 Å². The van der Waals surface area contributed by atoms with Crippen LogP contribution in [0.1, 0.15) is 12.0 Å². The van der Waals surface area contributed by atoms with Crippen LogP contribution in [0.25, 0.3) is 0 Å². The molecule has 1 fully saturated rings. The van der Waals surface area contributed by atoms with E-state index in [1.807, 2.05) is 12.1 Å². The number of methoxy groups -OCH3 is 1. The molecule has 1 aliphatic rings. The minimum atomic E-state index is -0.354. The number of phenolic OH excluding ortho intramolecular Hbond substituents is 1. The number of benzene rings is 2. The largest absolute Gasteiger partial charge is 0.508 e. The minimum Gasteiger partial charge on any atom is -0.508 e. The molecule has 0 spiro atoms. The van der Waals surface area contributed by atoms with Crippen LogP contribution < -0.4 is 9.64 Å². The average Bonchev–Trinajstić information content (AvgIpc) is 2.60. The predicted molar refractivity (Wildman–Crippen MR) is 89.0 cm³/mol. The van der Waals surface area contributed by atoms with E-state index < -0.39 is 0 Å². The first-order valence-electron chi connectivity index (χ1n) is 7.62. The summed E-state index contributed by atoms with van der Waals surface area (Å²) in [5.41, 5.74) is 1.51. The maximum atomic E-state index is 12.7. The average molecular weight is 326 g/mol. The van der Waals surface area contributed by atoms with Gasteiger partial charge < -0.3 is 9.84 Å². The van der Waals surface area contributed by atoms with Gasteiger partial charge >= 0.3 is 6.03 Å². The summed E-state index contributed by atoms with van der Waals surface area (Å²) in [4.78, 5) is 27.7.